The maximum Gasteiger partial charge on any atom is 0.137 e. The molecule has 2 rings (SSSR count). The first-order chi connectivity index (χ1) is 10.0. The first-order valence-corrected chi connectivity index (χ1v) is 7.24. The molecule has 5 heteroatoms. The number of methoxy groups -OCH3 is 1. The number of hydrogen-bond donors (Lipinski definition) is 1. The molecule has 0 aromatic heterocycles. The summed E-state index contributed by atoms with van der Waals surface area (Å²) in [6.45, 7) is 1.85. The van der Waals surface area contributed by atoms with Crippen molar-refractivity contribution in [1.29, 1.82) is 0 Å². The quantitative estimate of drug-likeness (QED) is 0.873. The normalized spacial score (nSPS) is 12.0. The van der Waals surface area contributed by atoms with Crippen LogP contribution in [-0.4, -0.2) is 12.2 Å². The molecule has 0 aliphatic heterocycles. The molecule has 0 unspecified atom stereocenters. The van der Waals surface area contributed by atoms with Crippen molar-refractivity contribution >= 4 is 15.9 Å². The van der Waals surface area contributed by atoms with Crippen LogP contribution in [0.4, 0.5) is 4.39 Å². The minimum atomic E-state index is -0.665. The van der Waals surface area contributed by atoms with E-state index in [0.29, 0.717) is 27.1 Å². The summed E-state index contributed by atoms with van der Waals surface area (Å²) < 4.78 is 24.7. The molecule has 0 saturated carbocycles. The second-order valence-corrected chi connectivity index (χ2v) is 5.37. The van der Waals surface area contributed by atoms with Gasteiger partial charge in [0.05, 0.1) is 17.7 Å². The molecular formula is C16H16BrFO3. The fourth-order valence-electron chi connectivity index (χ4n) is 1.93. The van der Waals surface area contributed by atoms with E-state index in [1.165, 1.54) is 6.07 Å². The van der Waals surface area contributed by atoms with Gasteiger partial charge in [-0.05, 0) is 41.1 Å². The Morgan fingerprint density at radius 1 is 1.29 bits per heavy atom. The van der Waals surface area contributed by atoms with E-state index >= 15 is 0 Å². The third-order valence-electron chi connectivity index (χ3n) is 3.09. The minimum absolute atomic E-state index is 0.186. The molecule has 0 radical (unpaired) electrons. The van der Waals surface area contributed by atoms with Gasteiger partial charge in [-0.3, -0.25) is 0 Å². The SMILES string of the molecule is COc1ccc([C@@H](C)O)c(OCc2cccc(F)c2Br)c1. The van der Waals surface area contributed by atoms with Crippen LogP contribution in [0.3, 0.4) is 0 Å². The zero-order chi connectivity index (χ0) is 15.4. The van der Waals surface area contributed by atoms with E-state index in [1.807, 2.05) is 0 Å². The summed E-state index contributed by atoms with van der Waals surface area (Å²) in [5, 5.41) is 9.77. The summed E-state index contributed by atoms with van der Waals surface area (Å²) >= 11 is 3.20. The fraction of sp³-hybridized carbons (Fsp3) is 0.250. The lowest BCUT2D eigenvalue weighted by molar-refractivity contribution is 0.189. The van der Waals surface area contributed by atoms with E-state index in [9.17, 15) is 9.50 Å². The molecule has 112 valence electrons. The number of rotatable bonds is 5. The van der Waals surface area contributed by atoms with Gasteiger partial charge in [0.15, 0.2) is 0 Å². The average Bonchev–Trinajstić information content (AvgIpc) is 2.48. The monoisotopic (exact) mass is 354 g/mol. The molecule has 0 saturated heterocycles. The van der Waals surface area contributed by atoms with Gasteiger partial charge in [-0.15, -0.1) is 0 Å². The lowest BCUT2D eigenvalue weighted by Gasteiger charge is -2.15. The molecule has 2 aromatic rings. The van der Waals surface area contributed by atoms with Gasteiger partial charge in [0.2, 0.25) is 0 Å². The molecule has 0 aliphatic carbocycles. The van der Waals surface area contributed by atoms with Crippen LogP contribution in [-0.2, 0) is 6.61 Å². The molecule has 3 nitrogen and oxygen atoms in total. The molecule has 2 aromatic carbocycles. The largest absolute Gasteiger partial charge is 0.497 e. The first kappa shape index (κ1) is 15.8. The van der Waals surface area contributed by atoms with Crippen LogP contribution < -0.4 is 9.47 Å². The molecule has 21 heavy (non-hydrogen) atoms. The number of halogens is 2. The van der Waals surface area contributed by atoms with Crippen LogP contribution in [0.25, 0.3) is 0 Å². The zero-order valence-electron chi connectivity index (χ0n) is 11.8. The maximum absolute atomic E-state index is 13.5. The molecule has 0 spiro atoms. The van der Waals surface area contributed by atoms with E-state index in [-0.39, 0.29) is 12.4 Å². The van der Waals surface area contributed by atoms with Crippen molar-refractivity contribution in [2.45, 2.75) is 19.6 Å². The van der Waals surface area contributed by atoms with Gasteiger partial charge >= 0.3 is 0 Å². The first-order valence-electron chi connectivity index (χ1n) is 6.44. The van der Waals surface area contributed by atoms with Crippen molar-refractivity contribution in [3.05, 3.63) is 57.8 Å². The summed E-state index contributed by atoms with van der Waals surface area (Å²) in [4.78, 5) is 0. The van der Waals surface area contributed by atoms with Crippen LogP contribution in [0.5, 0.6) is 11.5 Å². The molecule has 0 aliphatic rings. The van der Waals surface area contributed by atoms with Crippen LogP contribution in [0.15, 0.2) is 40.9 Å². The Morgan fingerprint density at radius 3 is 2.71 bits per heavy atom. The Kier molecular flexibility index (Phi) is 5.20. The third-order valence-corrected chi connectivity index (χ3v) is 3.97. The van der Waals surface area contributed by atoms with Crippen molar-refractivity contribution in [3.63, 3.8) is 0 Å². The molecule has 0 bridgehead atoms. The van der Waals surface area contributed by atoms with Crippen molar-refractivity contribution < 1.29 is 19.0 Å². The van der Waals surface area contributed by atoms with Gasteiger partial charge < -0.3 is 14.6 Å². The second kappa shape index (κ2) is 6.91. The van der Waals surface area contributed by atoms with Gasteiger partial charge in [-0.25, -0.2) is 4.39 Å². The highest BCUT2D eigenvalue weighted by molar-refractivity contribution is 9.10. The lowest BCUT2D eigenvalue weighted by Crippen LogP contribution is -2.02. The molecule has 0 fully saturated rings. The van der Waals surface area contributed by atoms with Crippen LogP contribution >= 0.6 is 15.9 Å². The summed E-state index contributed by atoms with van der Waals surface area (Å²) in [7, 11) is 1.56. The second-order valence-electron chi connectivity index (χ2n) is 4.58. The van der Waals surface area contributed by atoms with E-state index in [1.54, 1.807) is 44.4 Å². The van der Waals surface area contributed by atoms with Crippen LogP contribution in [0.1, 0.15) is 24.2 Å². The molecule has 0 heterocycles. The van der Waals surface area contributed by atoms with Crippen molar-refractivity contribution in [3.8, 4) is 11.5 Å². The standard InChI is InChI=1S/C16H16BrFO3/c1-10(19)13-7-6-12(20-2)8-15(13)21-9-11-4-3-5-14(18)16(11)17/h3-8,10,19H,9H2,1-2H3/t10-/m1/s1. The molecule has 1 atom stereocenters. The Hall–Kier alpha value is -1.59. The Morgan fingerprint density at radius 2 is 2.05 bits per heavy atom. The van der Waals surface area contributed by atoms with Gasteiger partial charge in [-0.2, -0.15) is 0 Å². The Bertz CT molecular complexity index is 629. The van der Waals surface area contributed by atoms with Crippen molar-refractivity contribution in [2.75, 3.05) is 7.11 Å². The predicted octanol–water partition coefficient (Wildman–Crippen LogP) is 4.23. The molecule has 0 amide bonds. The molecular weight excluding hydrogens is 339 g/mol. The number of aliphatic hydroxyl groups excluding tert-OH is 1. The highest BCUT2D eigenvalue weighted by Crippen LogP contribution is 2.31. The number of benzene rings is 2. The van der Waals surface area contributed by atoms with Gasteiger partial charge in [-0.1, -0.05) is 12.1 Å². The van der Waals surface area contributed by atoms with Crippen molar-refractivity contribution in [1.82, 2.24) is 0 Å². The van der Waals surface area contributed by atoms with E-state index in [4.69, 9.17) is 9.47 Å². The Balaban J connectivity index is 2.24. The highest BCUT2D eigenvalue weighted by atomic mass is 79.9. The van der Waals surface area contributed by atoms with Gasteiger partial charge in [0.25, 0.3) is 0 Å². The van der Waals surface area contributed by atoms with E-state index in [2.05, 4.69) is 15.9 Å². The zero-order valence-corrected chi connectivity index (χ0v) is 13.4. The number of hydrogen-bond acceptors (Lipinski definition) is 3. The average molecular weight is 355 g/mol. The fourth-order valence-corrected chi connectivity index (χ4v) is 2.31. The van der Waals surface area contributed by atoms with Crippen LogP contribution in [0.2, 0.25) is 0 Å². The third kappa shape index (κ3) is 3.74. The highest BCUT2D eigenvalue weighted by Gasteiger charge is 2.12. The number of ether oxygens (including phenoxy) is 2. The Labute approximate surface area is 131 Å². The molecule has 1 N–H and O–H groups in total. The van der Waals surface area contributed by atoms with Crippen LogP contribution in [0, 0.1) is 5.82 Å². The van der Waals surface area contributed by atoms with Crippen molar-refractivity contribution in [2.24, 2.45) is 0 Å². The summed E-state index contributed by atoms with van der Waals surface area (Å²) in [6, 6.07) is 9.98. The number of aliphatic hydroxyl groups is 1. The van der Waals surface area contributed by atoms with Gasteiger partial charge in [0, 0.05) is 17.2 Å². The van der Waals surface area contributed by atoms with Gasteiger partial charge in [0.1, 0.15) is 23.9 Å². The smallest absolute Gasteiger partial charge is 0.137 e. The summed E-state index contributed by atoms with van der Waals surface area (Å²) in [6.07, 6.45) is -0.665. The van der Waals surface area contributed by atoms with E-state index in [0.717, 1.165) is 0 Å². The predicted molar refractivity (Wildman–Crippen MR) is 82.1 cm³/mol. The summed E-state index contributed by atoms with van der Waals surface area (Å²) in [5.74, 6) is 0.811. The van der Waals surface area contributed by atoms with E-state index < -0.39 is 6.10 Å². The summed E-state index contributed by atoms with van der Waals surface area (Å²) in [5.41, 5.74) is 1.35. The maximum atomic E-state index is 13.5. The topological polar surface area (TPSA) is 38.7 Å². The lowest BCUT2D eigenvalue weighted by atomic mass is 10.1. The minimum Gasteiger partial charge on any atom is -0.497 e.